The molecule has 0 bridgehead atoms. The quantitative estimate of drug-likeness (QED) is 0.768. The smallest absolute Gasteiger partial charge is 0.167 e. The Balaban J connectivity index is 2.30. The number of hydrogen-bond donors (Lipinski definition) is 0. The third-order valence-electron chi connectivity index (χ3n) is 3.04. The van der Waals surface area contributed by atoms with Crippen LogP contribution >= 0.6 is 0 Å². The molecule has 0 spiro atoms. The van der Waals surface area contributed by atoms with Crippen molar-refractivity contribution in [1.29, 1.82) is 0 Å². The van der Waals surface area contributed by atoms with E-state index < -0.39 is 0 Å². The first-order valence-electron chi connectivity index (χ1n) is 6.08. The number of aryl methyl sites for hydroxylation is 3. The van der Waals surface area contributed by atoms with E-state index in [1.165, 1.54) is 5.56 Å². The largest absolute Gasteiger partial charge is 0.294 e. The van der Waals surface area contributed by atoms with E-state index in [9.17, 15) is 4.79 Å². The van der Waals surface area contributed by atoms with Crippen LogP contribution in [0.4, 0.5) is 0 Å². The first-order chi connectivity index (χ1) is 8.58. The van der Waals surface area contributed by atoms with Crippen LogP contribution in [-0.2, 0) is 6.42 Å². The van der Waals surface area contributed by atoms with Gasteiger partial charge in [-0.3, -0.25) is 9.78 Å². The summed E-state index contributed by atoms with van der Waals surface area (Å²) < 4.78 is 0. The molecule has 1 aromatic carbocycles. The van der Waals surface area contributed by atoms with Gasteiger partial charge in [0.05, 0.1) is 0 Å². The molecule has 0 saturated heterocycles. The van der Waals surface area contributed by atoms with Gasteiger partial charge in [0.25, 0.3) is 0 Å². The summed E-state index contributed by atoms with van der Waals surface area (Å²) in [7, 11) is 0. The van der Waals surface area contributed by atoms with Gasteiger partial charge in [0.1, 0.15) is 0 Å². The molecule has 2 heteroatoms. The van der Waals surface area contributed by atoms with Crippen molar-refractivity contribution in [1.82, 2.24) is 4.98 Å². The molecule has 0 N–H and O–H groups in total. The Bertz CT molecular complexity index is 550. The van der Waals surface area contributed by atoms with Gasteiger partial charge in [0.15, 0.2) is 5.78 Å². The summed E-state index contributed by atoms with van der Waals surface area (Å²) in [5.41, 5.74) is 5.12. The van der Waals surface area contributed by atoms with Crippen LogP contribution in [0.1, 0.15) is 32.6 Å². The molecule has 2 rings (SSSR count). The summed E-state index contributed by atoms with van der Waals surface area (Å²) in [6.07, 6.45) is 3.88. The first kappa shape index (κ1) is 12.5. The molecule has 0 amide bonds. The van der Waals surface area contributed by atoms with Crippen molar-refractivity contribution in [3.05, 3.63) is 64.5 Å². The minimum atomic E-state index is 0.165. The molecule has 2 aromatic rings. The Morgan fingerprint density at radius 1 is 1.17 bits per heavy atom. The van der Waals surface area contributed by atoms with Gasteiger partial charge in [-0.1, -0.05) is 23.8 Å². The zero-order chi connectivity index (χ0) is 13.1. The van der Waals surface area contributed by atoms with Crippen LogP contribution in [-0.4, -0.2) is 10.8 Å². The predicted molar refractivity (Wildman–Crippen MR) is 72.9 cm³/mol. The van der Waals surface area contributed by atoms with Gasteiger partial charge >= 0.3 is 0 Å². The normalized spacial score (nSPS) is 10.4. The molecule has 2 nitrogen and oxygen atoms in total. The van der Waals surface area contributed by atoms with Crippen LogP contribution in [0.15, 0.2) is 36.7 Å². The molecule has 0 aliphatic heterocycles. The maximum absolute atomic E-state index is 12.3. The Morgan fingerprint density at radius 3 is 2.39 bits per heavy atom. The van der Waals surface area contributed by atoms with Gasteiger partial charge in [-0.25, -0.2) is 0 Å². The van der Waals surface area contributed by atoms with E-state index >= 15 is 0 Å². The van der Waals surface area contributed by atoms with Crippen molar-refractivity contribution in [2.75, 3.05) is 0 Å². The van der Waals surface area contributed by atoms with Gasteiger partial charge in [-0.15, -0.1) is 0 Å². The highest BCUT2D eigenvalue weighted by Crippen LogP contribution is 2.18. The lowest BCUT2D eigenvalue weighted by atomic mass is 9.94. The summed E-state index contributed by atoms with van der Waals surface area (Å²) in [5.74, 6) is 0.165. The highest BCUT2D eigenvalue weighted by molar-refractivity contribution is 6.00. The van der Waals surface area contributed by atoms with Gasteiger partial charge in [0, 0.05) is 24.4 Å². The van der Waals surface area contributed by atoms with Crippen molar-refractivity contribution < 1.29 is 4.79 Å². The van der Waals surface area contributed by atoms with E-state index in [2.05, 4.69) is 24.0 Å². The van der Waals surface area contributed by atoms with Crippen LogP contribution in [0.5, 0.6) is 0 Å². The lowest BCUT2D eigenvalue weighted by Crippen LogP contribution is -2.08. The number of carbonyl (C=O) groups excluding carboxylic acids is 1. The second-order valence-corrected chi connectivity index (χ2v) is 4.73. The summed E-state index contributed by atoms with van der Waals surface area (Å²) in [6.45, 7) is 6.04. The zero-order valence-corrected chi connectivity index (χ0v) is 11.0. The Morgan fingerprint density at radius 2 is 1.83 bits per heavy atom. The predicted octanol–water partition coefficient (Wildman–Crippen LogP) is 3.43. The van der Waals surface area contributed by atoms with E-state index in [0.29, 0.717) is 6.42 Å². The van der Waals surface area contributed by atoms with Crippen molar-refractivity contribution in [3.8, 4) is 0 Å². The maximum atomic E-state index is 12.3. The average molecular weight is 239 g/mol. The molecular formula is C16H17NO. The van der Waals surface area contributed by atoms with E-state index in [0.717, 1.165) is 22.3 Å². The van der Waals surface area contributed by atoms with Gasteiger partial charge in [-0.05, 0) is 43.5 Å². The number of aromatic nitrogens is 1. The molecule has 0 atom stereocenters. The van der Waals surface area contributed by atoms with E-state index in [1.807, 2.05) is 26.0 Å². The number of ketones is 1. The fraction of sp³-hybridized carbons (Fsp3) is 0.250. The van der Waals surface area contributed by atoms with Crippen molar-refractivity contribution in [2.24, 2.45) is 0 Å². The lowest BCUT2D eigenvalue weighted by molar-refractivity contribution is 0.0991. The van der Waals surface area contributed by atoms with Crippen LogP contribution < -0.4 is 0 Å². The van der Waals surface area contributed by atoms with Crippen molar-refractivity contribution >= 4 is 5.78 Å². The summed E-state index contributed by atoms with van der Waals surface area (Å²) in [4.78, 5) is 16.4. The van der Waals surface area contributed by atoms with Crippen molar-refractivity contribution in [3.63, 3.8) is 0 Å². The number of Topliss-reactive ketones (excluding diaryl/α,β-unsaturated/α-hetero) is 1. The Labute approximate surface area is 108 Å². The third kappa shape index (κ3) is 2.65. The minimum absolute atomic E-state index is 0.165. The third-order valence-corrected chi connectivity index (χ3v) is 3.04. The Hall–Kier alpha value is -1.96. The molecule has 0 radical (unpaired) electrons. The molecule has 92 valence electrons. The van der Waals surface area contributed by atoms with Crippen LogP contribution in [0.25, 0.3) is 0 Å². The first-order valence-corrected chi connectivity index (χ1v) is 6.08. The molecule has 0 aliphatic carbocycles. The Kier molecular flexibility index (Phi) is 3.56. The molecule has 18 heavy (non-hydrogen) atoms. The molecule has 1 heterocycles. The molecule has 0 aliphatic rings. The summed E-state index contributed by atoms with van der Waals surface area (Å²) in [6, 6.07) is 7.91. The van der Waals surface area contributed by atoms with Crippen LogP contribution in [0, 0.1) is 20.8 Å². The lowest BCUT2D eigenvalue weighted by Gasteiger charge is -2.10. The monoisotopic (exact) mass is 239 g/mol. The number of benzene rings is 1. The molecule has 0 unspecified atom stereocenters. The standard InChI is InChI=1S/C16H17NO/c1-11-7-12(2)16(13(3)8-11)15(18)9-14-5-4-6-17-10-14/h4-8,10H,9H2,1-3H3. The van der Waals surface area contributed by atoms with Crippen LogP contribution in [0.2, 0.25) is 0 Å². The van der Waals surface area contributed by atoms with E-state index in [-0.39, 0.29) is 5.78 Å². The number of carbonyl (C=O) groups is 1. The molecular weight excluding hydrogens is 222 g/mol. The number of pyridine rings is 1. The summed E-state index contributed by atoms with van der Waals surface area (Å²) >= 11 is 0. The SMILES string of the molecule is Cc1cc(C)c(C(=O)Cc2cccnc2)c(C)c1. The zero-order valence-electron chi connectivity index (χ0n) is 11.0. The number of nitrogens with zero attached hydrogens (tertiary/aromatic N) is 1. The molecule has 1 aromatic heterocycles. The number of hydrogen-bond acceptors (Lipinski definition) is 2. The topological polar surface area (TPSA) is 30.0 Å². The van der Waals surface area contributed by atoms with Gasteiger partial charge in [-0.2, -0.15) is 0 Å². The number of rotatable bonds is 3. The van der Waals surface area contributed by atoms with Gasteiger partial charge < -0.3 is 0 Å². The fourth-order valence-electron chi connectivity index (χ4n) is 2.40. The van der Waals surface area contributed by atoms with Gasteiger partial charge in [0.2, 0.25) is 0 Å². The maximum Gasteiger partial charge on any atom is 0.167 e. The average Bonchev–Trinajstić information content (AvgIpc) is 2.28. The second-order valence-electron chi connectivity index (χ2n) is 4.73. The molecule has 0 saturated carbocycles. The minimum Gasteiger partial charge on any atom is -0.294 e. The highest BCUT2D eigenvalue weighted by Gasteiger charge is 2.13. The van der Waals surface area contributed by atoms with E-state index in [4.69, 9.17) is 0 Å². The van der Waals surface area contributed by atoms with E-state index in [1.54, 1.807) is 12.4 Å². The van der Waals surface area contributed by atoms with Crippen molar-refractivity contribution in [2.45, 2.75) is 27.2 Å². The second kappa shape index (κ2) is 5.13. The molecule has 0 fully saturated rings. The fourth-order valence-corrected chi connectivity index (χ4v) is 2.40. The summed E-state index contributed by atoms with van der Waals surface area (Å²) in [5, 5.41) is 0. The van der Waals surface area contributed by atoms with Crippen LogP contribution in [0.3, 0.4) is 0 Å². The highest BCUT2D eigenvalue weighted by atomic mass is 16.1.